The van der Waals surface area contributed by atoms with E-state index in [4.69, 9.17) is 10.5 Å². The summed E-state index contributed by atoms with van der Waals surface area (Å²) in [5.41, 5.74) is 10.1. The van der Waals surface area contributed by atoms with Crippen molar-refractivity contribution in [3.05, 3.63) is 84.1 Å². The summed E-state index contributed by atoms with van der Waals surface area (Å²) in [7, 11) is 0. The predicted molar refractivity (Wildman–Crippen MR) is 96.3 cm³/mol. The van der Waals surface area contributed by atoms with Gasteiger partial charge in [-0.1, -0.05) is 42.5 Å². The van der Waals surface area contributed by atoms with Crippen molar-refractivity contribution in [3.8, 4) is 11.5 Å². The molecule has 1 aliphatic rings. The first-order chi connectivity index (χ1) is 11.8. The van der Waals surface area contributed by atoms with E-state index in [1.807, 2.05) is 66.9 Å². The standard InChI is InChI=1S/C13H11NO.C7H6N2/c14-11-5-3-7-13-10(11)8-9-4-1-2-6-12(9)15-13;1-2-4-7-6(3-1)5-8-9-7/h1-7H,8,14H2;1-5H,(H,8,9). The van der Waals surface area contributed by atoms with E-state index in [0.29, 0.717) is 0 Å². The van der Waals surface area contributed by atoms with Gasteiger partial charge in [0.15, 0.2) is 0 Å². The van der Waals surface area contributed by atoms with E-state index in [-0.39, 0.29) is 0 Å². The zero-order valence-corrected chi connectivity index (χ0v) is 13.1. The number of rotatable bonds is 0. The van der Waals surface area contributed by atoms with Crippen molar-refractivity contribution >= 4 is 16.6 Å². The zero-order valence-electron chi connectivity index (χ0n) is 13.1. The van der Waals surface area contributed by atoms with Gasteiger partial charge in [-0.05, 0) is 29.8 Å². The highest BCUT2D eigenvalue weighted by molar-refractivity contribution is 5.77. The number of anilines is 1. The molecule has 0 bridgehead atoms. The van der Waals surface area contributed by atoms with Gasteiger partial charge in [0.1, 0.15) is 11.5 Å². The molecule has 4 heteroatoms. The second-order valence-corrected chi connectivity index (χ2v) is 5.67. The van der Waals surface area contributed by atoms with E-state index < -0.39 is 0 Å². The summed E-state index contributed by atoms with van der Waals surface area (Å²) in [6, 6.07) is 21.9. The van der Waals surface area contributed by atoms with Crippen molar-refractivity contribution < 1.29 is 4.74 Å². The lowest BCUT2D eigenvalue weighted by molar-refractivity contribution is 0.460. The lowest BCUT2D eigenvalue weighted by atomic mass is 9.99. The number of hydrogen-bond donors (Lipinski definition) is 2. The molecule has 0 spiro atoms. The summed E-state index contributed by atoms with van der Waals surface area (Å²) in [6.07, 6.45) is 2.67. The number of hydrogen-bond acceptors (Lipinski definition) is 3. The first kappa shape index (κ1) is 14.3. The molecule has 1 aromatic heterocycles. The van der Waals surface area contributed by atoms with Gasteiger partial charge in [-0.15, -0.1) is 0 Å². The van der Waals surface area contributed by atoms with Gasteiger partial charge in [0.05, 0.1) is 11.7 Å². The van der Waals surface area contributed by atoms with Crippen LogP contribution in [0.1, 0.15) is 11.1 Å². The molecular weight excluding hydrogens is 298 g/mol. The molecule has 4 aromatic rings. The van der Waals surface area contributed by atoms with Gasteiger partial charge in [-0.25, -0.2) is 0 Å². The summed E-state index contributed by atoms with van der Waals surface area (Å²) >= 11 is 0. The maximum Gasteiger partial charge on any atom is 0.133 e. The van der Waals surface area contributed by atoms with Crippen LogP contribution in [0.5, 0.6) is 11.5 Å². The maximum absolute atomic E-state index is 5.92. The molecule has 0 saturated heterocycles. The fraction of sp³-hybridized carbons (Fsp3) is 0.0500. The number of benzene rings is 3. The first-order valence-corrected chi connectivity index (χ1v) is 7.82. The quantitative estimate of drug-likeness (QED) is 0.413. The minimum Gasteiger partial charge on any atom is -0.457 e. The van der Waals surface area contributed by atoms with E-state index in [9.17, 15) is 0 Å². The topological polar surface area (TPSA) is 63.9 Å². The number of nitrogens with one attached hydrogen (secondary N) is 1. The molecule has 0 amide bonds. The normalized spacial score (nSPS) is 11.7. The summed E-state index contributed by atoms with van der Waals surface area (Å²) in [5, 5.41) is 7.91. The van der Waals surface area contributed by atoms with Crippen LogP contribution >= 0.6 is 0 Å². The minimum absolute atomic E-state index is 0.807. The van der Waals surface area contributed by atoms with E-state index in [2.05, 4.69) is 16.3 Å². The number of nitrogens with two attached hydrogens (primary N) is 1. The Morgan fingerprint density at radius 3 is 2.58 bits per heavy atom. The molecule has 24 heavy (non-hydrogen) atoms. The highest BCUT2D eigenvalue weighted by Gasteiger charge is 2.17. The zero-order chi connectivity index (χ0) is 16.4. The van der Waals surface area contributed by atoms with E-state index in [0.717, 1.165) is 40.1 Å². The highest BCUT2D eigenvalue weighted by Crippen LogP contribution is 2.38. The Morgan fingerprint density at radius 1 is 0.875 bits per heavy atom. The molecule has 0 unspecified atom stereocenters. The van der Waals surface area contributed by atoms with Crippen LogP contribution in [0, 0.1) is 0 Å². The number of ether oxygens (including phenoxy) is 1. The molecule has 1 aliphatic heterocycles. The molecule has 0 radical (unpaired) electrons. The molecular formula is C20H17N3O. The number of fused-ring (bicyclic) bond motifs is 3. The third-order valence-corrected chi connectivity index (χ3v) is 4.08. The molecule has 118 valence electrons. The lowest BCUT2D eigenvalue weighted by Crippen LogP contribution is -2.05. The van der Waals surface area contributed by atoms with Crippen molar-refractivity contribution in [2.24, 2.45) is 0 Å². The lowest BCUT2D eigenvalue weighted by Gasteiger charge is -2.21. The Balaban J connectivity index is 0.000000138. The Bertz CT molecular complexity index is 961. The largest absolute Gasteiger partial charge is 0.457 e. The number of aromatic amines is 1. The third kappa shape index (κ3) is 2.70. The molecule has 0 aliphatic carbocycles. The van der Waals surface area contributed by atoms with Crippen LogP contribution in [-0.2, 0) is 6.42 Å². The van der Waals surface area contributed by atoms with Crippen molar-refractivity contribution in [2.45, 2.75) is 6.42 Å². The second kappa shape index (κ2) is 6.08. The van der Waals surface area contributed by atoms with Crippen LogP contribution in [0.4, 0.5) is 5.69 Å². The fourth-order valence-corrected chi connectivity index (χ4v) is 2.81. The third-order valence-electron chi connectivity index (χ3n) is 4.08. The number of para-hydroxylation sites is 2. The van der Waals surface area contributed by atoms with Crippen LogP contribution < -0.4 is 10.5 Å². The van der Waals surface area contributed by atoms with Gasteiger partial charge in [-0.3, -0.25) is 5.10 Å². The van der Waals surface area contributed by atoms with E-state index >= 15 is 0 Å². The summed E-state index contributed by atoms with van der Waals surface area (Å²) < 4.78 is 5.78. The average molecular weight is 315 g/mol. The molecule has 2 heterocycles. The van der Waals surface area contributed by atoms with Gasteiger partial charge in [0.25, 0.3) is 0 Å². The first-order valence-electron chi connectivity index (χ1n) is 7.82. The van der Waals surface area contributed by atoms with Crippen LogP contribution in [0.15, 0.2) is 72.9 Å². The SMILES string of the molecule is Nc1cccc2c1Cc1ccccc1O2.c1ccc2[nH]ncc2c1. The van der Waals surface area contributed by atoms with Gasteiger partial charge in [-0.2, -0.15) is 5.10 Å². The molecule has 0 atom stereocenters. The number of aromatic nitrogens is 2. The molecule has 3 N–H and O–H groups in total. The number of H-pyrrole nitrogens is 1. The van der Waals surface area contributed by atoms with Crippen LogP contribution in [-0.4, -0.2) is 10.2 Å². The van der Waals surface area contributed by atoms with E-state index in [1.165, 1.54) is 5.56 Å². The molecule has 3 aromatic carbocycles. The Hall–Kier alpha value is -3.27. The van der Waals surface area contributed by atoms with Gasteiger partial charge >= 0.3 is 0 Å². The fourth-order valence-electron chi connectivity index (χ4n) is 2.81. The van der Waals surface area contributed by atoms with Crippen molar-refractivity contribution in [2.75, 3.05) is 5.73 Å². The van der Waals surface area contributed by atoms with Gasteiger partial charge in [0.2, 0.25) is 0 Å². The highest BCUT2D eigenvalue weighted by atomic mass is 16.5. The second-order valence-electron chi connectivity index (χ2n) is 5.67. The Kier molecular flexibility index (Phi) is 3.63. The Morgan fingerprint density at radius 2 is 1.67 bits per heavy atom. The Labute approximate surface area is 139 Å². The monoisotopic (exact) mass is 315 g/mol. The molecule has 0 saturated carbocycles. The van der Waals surface area contributed by atoms with Crippen molar-refractivity contribution in [1.82, 2.24) is 10.2 Å². The van der Waals surface area contributed by atoms with Crippen LogP contribution in [0.2, 0.25) is 0 Å². The molecule has 0 fully saturated rings. The summed E-state index contributed by atoms with van der Waals surface area (Å²) in [5.74, 6) is 1.82. The molecule has 4 nitrogen and oxygen atoms in total. The number of nitrogens with zero attached hydrogens (tertiary/aromatic N) is 1. The average Bonchev–Trinajstić information content (AvgIpc) is 3.10. The minimum atomic E-state index is 0.807. The van der Waals surface area contributed by atoms with Crippen LogP contribution in [0.3, 0.4) is 0 Å². The smallest absolute Gasteiger partial charge is 0.133 e. The van der Waals surface area contributed by atoms with Crippen molar-refractivity contribution in [1.29, 1.82) is 0 Å². The summed E-state index contributed by atoms with van der Waals surface area (Å²) in [4.78, 5) is 0. The van der Waals surface area contributed by atoms with E-state index in [1.54, 1.807) is 0 Å². The van der Waals surface area contributed by atoms with Gasteiger partial charge < -0.3 is 10.5 Å². The predicted octanol–water partition coefficient (Wildman–Crippen LogP) is 4.53. The number of nitrogen functional groups attached to an aromatic ring is 1. The molecule has 5 rings (SSSR count). The summed E-state index contributed by atoms with van der Waals surface area (Å²) in [6.45, 7) is 0. The van der Waals surface area contributed by atoms with Crippen molar-refractivity contribution in [3.63, 3.8) is 0 Å². The van der Waals surface area contributed by atoms with Gasteiger partial charge in [0, 0.05) is 23.1 Å². The van der Waals surface area contributed by atoms with Crippen LogP contribution in [0.25, 0.3) is 10.9 Å². The maximum atomic E-state index is 5.92.